The third-order valence-corrected chi connectivity index (χ3v) is 4.02. The average Bonchev–Trinajstić information content (AvgIpc) is 2.92. The fourth-order valence-electron chi connectivity index (χ4n) is 2.75. The zero-order chi connectivity index (χ0) is 18.1. The van der Waals surface area contributed by atoms with Crippen molar-refractivity contribution in [1.29, 1.82) is 0 Å². The molecular formula is C16H16F3N5O. The van der Waals surface area contributed by atoms with Crippen molar-refractivity contribution in [2.75, 3.05) is 6.54 Å². The summed E-state index contributed by atoms with van der Waals surface area (Å²) < 4.78 is 42.0. The standard InChI is InChI=1S/C16H16F3N5O/c1-9-21-22-14-8-23(2-3-24(9)14)15(25)7-12(20)5-10-4-11(17)6-13(18)16(10)19/h4,6-7H,2-3,5,8,20H2,1H3/b12-7-. The van der Waals surface area contributed by atoms with Crippen molar-refractivity contribution in [2.45, 2.75) is 26.4 Å². The van der Waals surface area contributed by atoms with E-state index in [9.17, 15) is 18.0 Å². The number of hydrogen-bond acceptors (Lipinski definition) is 4. The largest absolute Gasteiger partial charge is 0.402 e. The molecule has 0 saturated carbocycles. The minimum Gasteiger partial charge on any atom is -0.402 e. The molecule has 3 rings (SSSR count). The summed E-state index contributed by atoms with van der Waals surface area (Å²) in [6.07, 6.45) is 0.872. The van der Waals surface area contributed by atoms with Gasteiger partial charge in [-0.3, -0.25) is 4.79 Å². The molecule has 0 saturated heterocycles. The van der Waals surface area contributed by atoms with E-state index in [4.69, 9.17) is 5.73 Å². The maximum atomic E-state index is 13.7. The van der Waals surface area contributed by atoms with Gasteiger partial charge in [-0.1, -0.05) is 0 Å². The van der Waals surface area contributed by atoms with Crippen LogP contribution in [0.2, 0.25) is 0 Å². The van der Waals surface area contributed by atoms with Gasteiger partial charge in [0.05, 0.1) is 6.54 Å². The first-order chi connectivity index (χ1) is 11.8. The highest BCUT2D eigenvalue weighted by Gasteiger charge is 2.22. The van der Waals surface area contributed by atoms with E-state index < -0.39 is 17.5 Å². The Morgan fingerprint density at radius 1 is 1.28 bits per heavy atom. The molecule has 9 heteroatoms. The lowest BCUT2D eigenvalue weighted by Gasteiger charge is -2.26. The van der Waals surface area contributed by atoms with Crippen LogP contribution in [0.3, 0.4) is 0 Å². The summed E-state index contributed by atoms with van der Waals surface area (Å²) in [6, 6.07) is 1.31. The number of aromatic nitrogens is 3. The van der Waals surface area contributed by atoms with E-state index in [-0.39, 0.29) is 30.1 Å². The number of hydrogen-bond donors (Lipinski definition) is 1. The van der Waals surface area contributed by atoms with Gasteiger partial charge in [0.1, 0.15) is 11.6 Å². The number of aryl methyl sites for hydroxylation is 1. The highest BCUT2D eigenvalue weighted by atomic mass is 19.2. The number of nitrogens with two attached hydrogens (primary N) is 1. The van der Waals surface area contributed by atoms with Gasteiger partial charge in [-0.2, -0.15) is 0 Å². The smallest absolute Gasteiger partial charge is 0.248 e. The number of carbonyl (C=O) groups excluding carboxylic acids is 1. The number of carbonyl (C=O) groups is 1. The van der Waals surface area contributed by atoms with Crippen LogP contribution in [-0.4, -0.2) is 32.1 Å². The summed E-state index contributed by atoms with van der Waals surface area (Å²) in [5.41, 5.74) is 5.52. The summed E-state index contributed by atoms with van der Waals surface area (Å²) in [7, 11) is 0. The molecule has 1 aliphatic rings. The molecular weight excluding hydrogens is 335 g/mol. The van der Waals surface area contributed by atoms with E-state index in [0.717, 1.165) is 18.0 Å². The first kappa shape index (κ1) is 17.0. The molecule has 6 nitrogen and oxygen atoms in total. The van der Waals surface area contributed by atoms with Crippen LogP contribution in [0.25, 0.3) is 0 Å². The maximum Gasteiger partial charge on any atom is 0.248 e. The predicted molar refractivity (Wildman–Crippen MR) is 82.5 cm³/mol. The van der Waals surface area contributed by atoms with Gasteiger partial charge >= 0.3 is 0 Å². The van der Waals surface area contributed by atoms with Gasteiger partial charge in [0.2, 0.25) is 5.91 Å². The van der Waals surface area contributed by atoms with Crippen LogP contribution < -0.4 is 5.73 Å². The second-order valence-corrected chi connectivity index (χ2v) is 5.83. The summed E-state index contributed by atoms with van der Waals surface area (Å²) in [5, 5.41) is 7.96. The number of nitrogens with zero attached hydrogens (tertiary/aromatic N) is 4. The van der Waals surface area contributed by atoms with E-state index in [2.05, 4.69) is 10.2 Å². The third kappa shape index (κ3) is 3.49. The molecule has 1 aromatic heterocycles. The molecule has 0 bridgehead atoms. The number of fused-ring (bicyclic) bond motifs is 1. The second-order valence-electron chi connectivity index (χ2n) is 5.83. The topological polar surface area (TPSA) is 77.0 Å². The molecule has 0 atom stereocenters. The molecule has 2 aromatic rings. The zero-order valence-electron chi connectivity index (χ0n) is 13.5. The molecule has 2 heterocycles. The maximum absolute atomic E-state index is 13.7. The molecule has 1 aromatic carbocycles. The van der Waals surface area contributed by atoms with E-state index in [1.54, 1.807) is 0 Å². The van der Waals surface area contributed by atoms with Gasteiger partial charge in [0, 0.05) is 37.3 Å². The van der Waals surface area contributed by atoms with Gasteiger partial charge < -0.3 is 15.2 Å². The Hall–Kier alpha value is -2.84. The van der Waals surface area contributed by atoms with Gasteiger partial charge in [0.15, 0.2) is 17.5 Å². The number of halogens is 3. The zero-order valence-corrected chi connectivity index (χ0v) is 13.5. The molecule has 0 aliphatic carbocycles. The van der Waals surface area contributed by atoms with E-state index in [1.165, 1.54) is 4.90 Å². The van der Waals surface area contributed by atoms with Crippen LogP contribution in [0.5, 0.6) is 0 Å². The lowest BCUT2D eigenvalue weighted by molar-refractivity contribution is -0.127. The Bertz CT molecular complexity index is 862. The van der Waals surface area contributed by atoms with Crippen molar-refractivity contribution in [3.63, 3.8) is 0 Å². The van der Waals surface area contributed by atoms with Crippen molar-refractivity contribution in [3.05, 3.63) is 58.6 Å². The predicted octanol–water partition coefficient (Wildman–Crippen LogP) is 1.43. The lowest BCUT2D eigenvalue weighted by Crippen LogP contribution is -2.38. The molecule has 2 N–H and O–H groups in total. The van der Waals surface area contributed by atoms with Crippen LogP contribution in [0.15, 0.2) is 23.9 Å². The summed E-state index contributed by atoms with van der Waals surface area (Å²) in [4.78, 5) is 13.8. The Morgan fingerprint density at radius 2 is 2.04 bits per heavy atom. The number of benzene rings is 1. The van der Waals surface area contributed by atoms with Crippen LogP contribution in [-0.2, 0) is 24.3 Å². The fourth-order valence-corrected chi connectivity index (χ4v) is 2.75. The SMILES string of the molecule is Cc1nnc2n1CCN(C(=O)/C=C(\N)Cc1cc(F)cc(F)c1F)C2. The van der Waals surface area contributed by atoms with Crippen LogP contribution in [0.1, 0.15) is 17.2 Å². The molecule has 0 fully saturated rings. The highest BCUT2D eigenvalue weighted by Crippen LogP contribution is 2.17. The molecule has 1 aliphatic heterocycles. The van der Waals surface area contributed by atoms with Crippen molar-refractivity contribution in [1.82, 2.24) is 19.7 Å². The summed E-state index contributed by atoms with van der Waals surface area (Å²) >= 11 is 0. The summed E-state index contributed by atoms with van der Waals surface area (Å²) in [5.74, 6) is -2.30. The quantitative estimate of drug-likeness (QED) is 0.670. The van der Waals surface area contributed by atoms with Gasteiger partial charge in [-0.15, -0.1) is 10.2 Å². The van der Waals surface area contributed by atoms with E-state index in [0.29, 0.717) is 25.0 Å². The van der Waals surface area contributed by atoms with Gasteiger partial charge in [-0.05, 0) is 18.6 Å². The summed E-state index contributed by atoms with van der Waals surface area (Å²) in [6.45, 7) is 3.14. The van der Waals surface area contributed by atoms with E-state index in [1.807, 2.05) is 11.5 Å². The first-order valence-electron chi connectivity index (χ1n) is 7.62. The molecule has 1 amide bonds. The van der Waals surface area contributed by atoms with Crippen molar-refractivity contribution < 1.29 is 18.0 Å². The van der Waals surface area contributed by atoms with Crippen molar-refractivity contribution in [2.24, 2.45) is 5.73 Å². The normalized spacial score (nSPS) is 14.6. The molecule has 0 unspecified atom stereocenters. The Balaban J connectivity index is 1.71. The molecule has 25 heavy (non-hydrogen) atoms. The number of amides is 1. The van der Waals surface area contributed by atoms with E-state index >= 15 is 0 Å². The van der Waals surface area contributed by atoms with Crippen LogP contribution >= 0.6 is 0 Å². The molecule has 132 valence electrons. The second kappa shape index (κ2) is 6.58. The minimum absolute atomic E-state index is 0.0112. The number of rotatable bonds is 3. The number of allylic oxidation sites excluding steroid dienone is 1. The van der Waals surface area contributed by atoms with Crippen molar-refractivity contribution in [3.8, 4) is 0 Å². The lowest BCUT2D eigenvalue weighted by atomic mass is 10.1. The molecule has 0 spiro atoms. The third-order valence-electron chi connectivity index (χ3n) is 4.02. The first-order valence-corrected chi connectivity index (χ1v) is 7.62. The van der Waals surface area contributed by atoms with Crippen LogP contribution in [0.4, 0.5) is 13.2 Å². The minimum atomic E-state index is -1.29. The van der Waals surface area contributed by atoms with Gasteiger partial charge in [-0.25, -0.2) is 13.2 Å². The Labute approximate surface area is 141 Å². The van der Waals surface area contributed by atoms with Crippen molar-refractivity contribution >= 4 is 5.91 Å². The van der Waals surface area contributed by atoms with Gasteiger partial charge in [0.25, 0.3) is 0 Å². The Morgan fingerprint density at radius 3 is 2.80 bits per heavy atom. The van der Waals surface area contributed by atoms with Crippen LogP contribution in [0, 0.1) is 24.4 Å². The highest BCUT2D eigenvalue weighted by molar-refractivity contribution is 5.88. The monoisotopic (exact) mass is 351 g/mol. The fraction of sp³-hybridized carbons (Fsp3) is 0.312. The molecule has 0 radical (unpaired) electrons. The Kier molecular flexibility index (Phi) is 4.47. The average molecular weight is 351 g/mol.